The third-order valence-electron chi connectivity index (χ3n) is 11.1. The minimum Gasteiger partial charge on any atom is -0.458 e. The number of anilines is 1. The molecule has 2 aromatic rings. The van der Waals surface area contributed by atoms with E-state index in [4.69, 9.17) is 4.74 Å². The lowest BCUT2D eigenvalue weighted by atomic mass is 9.99. The Labute approximate surface area is 346 Å². The summed E-state index contributed by atoms with van der Waals surface area (Å²) in [6.45, 7) is 3.23. The largest absolute Gasteiger partial charge is 0.573 e. The van der Waals surface area contributed by atoms with Crippen molar-refractivity contribution >= 4 is 47.2 Å². The molecule has 0 unspecified atom stereocenters. The molecule has 7 amide bonds. The van der Waals surface area contributed by atoms with E-state index in [9.17, 15) is 55.5 Å². The van der Waals surface area contributed by atoms with E-state index in [2.05, 4.69) is 26.0 Å². The first kappa shape index (κ1) is 44.5. The van der Waals surface area contributed by atoms with Crippen molar-refractivity contribution < 1.29 is 65.0 Å². The van der Waals surface area contributed by atoms with E-state index in [1.807, 2.05) is 0 Å². The number of hydrogen-bond donors (Lipinski definition) is 4. The summed E-state index contributed by atoms with van der Waals surface area (Å²) in [6.07, 6.45) is -4.28. The molecule has 4 aliphatic heterocycles. The predicted molar refractivity (Wildman–Crippen MR) is 203 cm³/mol. The molecule has 0 spiro atoms. The van der Waals surface area contributed by atoms with Gasteiger partial charge in [-0.1, -0.05) is 0 Å². The number of halogens is 5. The van der Waals surface area contributed by atoms with Gasteiger partial charge in [0.05, 0.1) is 0 Å². The number of piperidine rings is 1. The fraction of sp³-hybridized carbons (Fsp3) is 0.525. The summed E-state index contributed by atoms with van der Waals surface area (Å²) in [5, 5.41) is 9.95. The van der Waals surface area contributed by atoms with Gasteiger partial charge in [-0.25, -0.2) is 18.4 Å². The van der Waals surface area contributed by atoms with E-state index in [0.29, 0.717) is 38.2 Å². The number of nitrogens with one attached hydrogen (secondary N) is 4. The summed E-state index contributed by atoms with van der Waals surface area (Å²) >= 11 is 0. The van der Waals surface area contributed by atoms with Crippen molar-refractivity contribution in [3.05, 3.63) is 59.7 Å². The lowest BCUT2D eigenvalue weighted by Gasteiger charge is -2.39. The number of fused-ring (bicyclic) bond motifs is 3. The van der Waals surface area contributed by atoms with E-state index < -0.39 is 114 Å². The van der Waals surface area contributed by atoms with Crippen LogP contribution in [0.2, 0.25) is 0 Å². The molecule has 0 saturated carbocycles. The summed E-state index contributed by atoms with van der Waals surface area (Å²) < 4.78 is 76.3. The summed E-state index contributed by atoms with van der Waals surface area (Å²) in [5.41, 5.74) is -0.135. The van der Waals surface area contributed by atoms with Crippen LogP contribution in [-0.2, 0) is 39.9 Å². The molecule has 330 valence electrons. The van der Waals surface area contributed by atoms with Crippen molar-refractivity contribution in [2.24, 2.45) is 0 Å². The Morgan fingerprint density at radius 2 is 1.39 bits per heavy atom. The first-order chi connectivity index (χ1) is 28.9. The zero-order valence-corrected chi connectivity index (χ0v) is 33.3. The van der Waals surface area contributed by atoms with E-state index in [-0.39, 0.29) is 43.7 Å². The molecule has 0 bridgehead atoms. The highest BCUT2D eigenvalue weighted by Gasteiger charge is 2.47. The van der Waals surface area contributed by atoms with Crippen LogP contribution >= 0.6 is 0 Å². The molecule has 4 fully saturated rings. The number of carbonyl (C=O) groups is 7. The Hall–Kier alpha value is -6.02. The number of cyclic esters (lactones) is 1. The fourth-order valence-corrected chi connectivity index (χ4v) is 8.22. The summed E-state index contributed by atoms with van der Waals surface area (Å²) in [4.78, 5) is 101. The molecule has 4 heterocycles. The number of benzene rings is 2. The van der Waals surface area contributed by atoms with Gasteiger partial charge in [0, 0.05) is 37.8 Å². The number of nitrogens with zero attached hydrogens (tertiary/aromatic N) is 3. The van der Waals surface area contributed by atoms with Crippen LogP contribution in [0.5, 0.6) is 5.75 Å². The Morgan fingerprint density at radius 1 is 0.803 bits per heavy atom. The maximum Gasteiger partial charge on any atom is 0.573 e. The average molecular weight is 864 g/mol. The highest BCUT2D eigenvalue weighted by atomic mass is 19.4. The fourth-order valence-electron chi connectivity index (χ4n) is 8.22. The van der Waals surface area contributed by atoms with Crippen molar-refractivity contribution in [2.75, 3.05) is 25.0 Å². The van der Waals surface area contributed by atoms with Crippen molar-refractivity contribution in [1.82, 2.24) is 30.7 Å². The monoisotopic (exact) mass is 863 g/mol. The molecule has 21 heteroatoms. The molecule has 0 aromatic heterocycles. The van der Waals surface area contributed by atoms with Gasteiger partial charge in [0.15, 0.2) is 0 Å². The molecule has 4 N–H and O–H groups in total. The van der Waals surface area contributed by atoms with E-state index >= 15 is 0 Å². The van der Waals surface area contributed by atoms with Crippen LogP contribution in [0.15, 0.2) is 42.5 Å². The lowest BCUT2D eigenvalue weighted by Crippen LogP contribution is -2.63. The number of rotatable bonds is 7. The first-order valence-corrected chi connectivity index (χ1v) is 20.0. The van der Waals surface area contributed by atoms with Crippen molar-refractivity contribution in [2.45, 2.75) is 114 Å². The van der Waals surface area contributed by atoms with Gasteiger partial charge in [-0.15, -0.1) is 13.2 Å². The Balaban J connectivity index is 1.31. The van der Waals surface area contributed by atoms with Crippen LogP contribution in [0.1, 0.15) is 64.4 Å². The number of hydrogen-bond acceptors (Lipinski definition) is 9. The first-order valence-electron chi connectivity index (χ1n) is 20.0. The highest BCUT2D eigenvalue weighted by Crippen LogP contribution is 2.28. The van der Waals surface area contributed by atoms with Crippen LogP contribution in [0.25, 0.3) is 0 Å². The van der Waals surface area contributed by atoms with Crippen LogP contribution < -0.4 is 26.0 Å². The van der Waals surface area contributed by atoms with Gasteiger partial charge in [0.2, 0.25) is 29.5 Å². The van der Waals surface area contributed by atoms with Gasteiger partial charge in [-0.2, -0.15) is 0 Å². The normalized spacial score (nSPS) is 25.8. The average Bonchev–Trinajstić information content (AvgIpc) is 3.89. The maximum absolute atomic E-state index is 14.6. The topological polar surface area (TPSA) is 196 Å². The number of esters is 1. The molecule has 16 nitrogen and oxygen atoms in total. The smallest absolute Gasteiger partial charge is 0.458 e. The summed E-state index contributed by atoms with van der Waals surface area (Å²) in [7, 11) is 0. The zero-order valence-electron chi connectivity index (χ0n) is 33.3. The van der Waals surface area contributed by atoms with Gasteiger partial charge in [-0.05, 0) is 101 Å². The van der Waals surface area contributed by atoms with E-state index in [1.54, 1.807) is 0 Å². The molecule has 61 heavy (non-hydrogen) atoms. The second-order valence-electron chi connectivity index (χ2n) is 15.5. The number of alkyl halides is 3. The molecule has 2 aromatic carbocycles. The molecule has 6 rings (SSSR count). The molecule has 4 saturated heterocycles. The molecular weight excluding hydrogens is 817 g/mol. The quantitative estimate of drug-likeness (QED) is 0.239. The van der Waals surface area contributed by atoms with E-state index in [1.165, 1.54) is 28.5 Å². The number of carbonyl (C=O) groups excluding carboxylic acids is 7. The van der Waals surface area contributed by atoms with Crippen LogP contribution in [0.3, 0.4) is 0 Å². The van der Waals surface area contributed by atoms with Gasteiger partial charge in [0.25, 0.3) is 0 Å². The van der Waals surface area contributed by atoms with Crippen molar-refractivity contribution in [1.29, 1.82) is 0 Å². The summed E-state index contributed by atoms with van der Waals surface area (Å²) in [5.74, 6) is -7.05. The van der Waals surface area contributed by atoms with Crippen molar-refractivity contribution in [3.8, 4) is 5.75 Å². The third kappa shape index (κ3) is 10.8. The number of ether oxygens (including phenoxy) is 2. The second-order valence-corrected chi connectivity index (χ2v) is 15.5. The SMILES string of the molecule is C[C@@H]1NC(=O)[C@@H]2CCCCN2C(=O)[C@@H]2CCCN2C(=O)[C@@H](NC(=O)[C@H](Cc2cc(F)cc(F)c2)NC(=O)Nc2ccc(OC(F)(F)F)cc2)[C@H](C)OC(=O)[C@@H]2CCCN2C1=O. The maximum atomic E-state index is 14.6. The van der Waals surface area contributed by atoms with Gasteiger partial charge in [0.1, 0.15) is 59.7 Å². The van der Waals surface area contributed by atoms with Gasteiger partial charge >= 0.3 is 18.4 Å². The molecular formula is C40H46F5N7O9. The van der Waals surface area contributed by atoms with Gasteiger partial charge in [-0.3, -0.25) is 24.0 Å². The zero-order chi connectivity index (χ0) is 44.2. The Morgan fingerprint density at radius 3 is 2.05 bits per heavy atom. The lowest BCUT2D eigenvalue weighted by molar-refractivity contribution is -0.274. The van der Waals surface area contributed by atoms with Crippen LogP contribution in [0.4, 0.5) is 32.4 Å². The molecule has 7 atom stereocenters. The minimum absolute atomic E-state index is 0.0387. The van der Waals surface area contributed by atoms with Crippen LogP contribution in [-0.4, -0.2) is 125 Å². The Kier molecular flexibility index (Phi) is 13.7. The number of urea groups is 1. The van der Waals surface area contributed by atoms with Crippen LogP contribution in [0, 0.1) is 11.6 Å². The molecule has 0 radical (unpaired) electrons. The molecule has 0 aliphatic carbocycles. The third-order valence-corrected chi connectivity index (χ3v) is 11.1. The van der Waals surface area contributed by atoms with Gasteiger partial charge < -0.3 is 45.4 Å². The highest BCUT2D eigenvalue weighted by molar-refractivity contribution is 5.98. The van der Waals surface area contributed by atoms with E-state index in [0.717, 1.165) is 36.4 Å². The predicted octanol–water partition coefficient (Wildman–Crippen LogP) is 2.89. The Bertz CT molecular complexity index is 2000. The molecule has 4 aliphatic rings. The summed E-state index contributed by atoms with van der Waals surface area (Å²) in [6, 6.07) is -2.27. The van der Waals surface area contributed by atoms with Crippen molar-refractivity contribution in [3.63, 3.8) is 0 Å². The minimum atomic E-state index is -4.97. The second kappa shape index (κ2) is 18.7. The number of amides is 7. The standard InChI is InChI=1S/C40H46F5N7O9/c1-21-35(55)52-16-6-9-31(52)38(58)60-22(2)32(37(57)51-15-5-8-30(51)36(56)50-14-4-3-7-29(50)34(54)46-21)49-33(53)28(19-23-17-24(41)20-25(42)18-23)48-39(59)47-26-10-12-27(13-11-26)61-40(43,44)45/h10-13,17-18,20-22,28-32H,3-9,14-16,19H2,1-2H3,(H,46,54)(H,49,53)(H2,47,48,59)/t21-,22-,28-,29-,30-,31-,32-/m0/s1.